The van der Waals surface area contributed by atoms with Gasteiger partial charge >= 0.3 is 0 Å². The SMILES string of the molecule is S=c1[nH]cc(Cc2c(Cl)cccc2Cl)[nH]1. The van der Waals surface area contributed by atoms with Crippen molar-refractivity contribution in [3.63, 3.8) is 0 Å². The van der Waals surface area contributed by atoms with Crippen LogP contribution in [0.5, 0.6) is 0 Å². The molecule has 0 aliphatic carbocycles. The third-order valence-electron chi connectivity index (χ3n) is 2.08. The molecule has 0 aliphatic rings. The molecule has 5 heteroatoms. The van der Waals surface area contributed by atoms with E-state index < -0.39 is 0 Å². The fourth-order valence-corrected chi connectivity index (χ4v) is 2.08. The molecule has 0 aliphatic heterocycles. The molecule has 0 saturated heterocycles. The molecule has 0 atom stereocenters. The largest absolute Gasteiger partial charge is 0.337 e. The minimum Gasteiger partial charge on any atom is -0.337 e. The number of benzene rings is 1. The lowest BCUT2D eigenvalue weighted by molar-refractivity contribution is 1.10. The quantitative estimate of drug-likeness (QED) is 0.785. The summed E-state index contributed by atoms with van der Waals surface area (Å²) >= 11 is 17.0. The predicted molar refractivity (Wildman–Crippen MR) is 65.2 cm³/mol. The molecule has 15 heavy (non-hydrogen) atoms. The van der Waals surface area contributed by atoms with Gasteiger partial charge in [-0.05, 0) is 29.9 Å². The number of rotatable bonds is 2. The Balaban J connectivity index is 2.35. The highest BCUT2D eigenvalue weighted by Crippen LogP contribution is 2.26. The molecule has 2 N–H and O–H groups in total. The number of halogens is 2. The van der Waals surface area contributed by atoms with Gasteiger partial charge in [-0.1, -0.05) is 29.3 Å². The van der Waals surface area contributed by atoms with Crippen LogP contribution in [0.3, 0.4) is 0 Å². The zero-order valence-corrected chi connectivity index (χ0v) is 10.0. The molecule has 2 aromatic rings. The van der Waals surface area contributed by atoms with E-state index in [1.807, 2.05) is 24.4 Å². The summed E-state index contributed by atoms with van der Waals surface area (Å²) in [5.74, 6) is 0. The standard InChI is InChI=1S/C10H8Cl2N2S/c11-8-2-1-3-9(12)7(8)4-6-5-13-10(15)14-6/h1-3,5H,4H2,(H2,13,14,15). The van der Waals surface area contributed by atoms with Crippen LogP contribution in [0.2, 0.25) is 10.0 Å². The normalized spacial score (nSPS) is 10.5. The van der Waals surface area contributed by atoms with Gasteiger partial charge in [0.15, 0.2) is 4.77 Å². The van der Waals surface area contributed by atoms with Gasteiger partial charge < -0.3 is 9.97 Å². The molecule has 0 bridgehead atoms. The summed E-state index contributed by atoms with van der Waals surface area (Å²) in [6, 6.07) is 5.47. The lowest BCUT2D eigenvalue weighted by atomic mass is 10.1. The van der Waals surface area contributed by atoms with Crippen LogP contribution in [0.1, 0.15) is 11.3 Å². The van der Waals surface area contributed by atoms with Crippen molar-refractivity contribution in [2.24, 2.45) is 0 Å². The molecule has 0 fully saturated rings. The van der Waals surface area contributed by atoms with Crippen molar-refractivity contribution < 1.29 is 0 Å². The van der Waals surface area contributed by atoms with Crippen LogP contribution in [-0.4, -0.2) is 9.97 Å². The molecule has 78 valence electrons. The van der Waals surface area contributed by atoms with Crippen LogP contribution >= 0.6 is 35.4 Å². The second-order valence-corrected chi connectivity index (χ2v) is 4.37. The molecule has 2 rings (SSSR count). The highest BCUT2D eigenvalue weighted by Gasteiger charge is 2.06. The van der Waals surface area contributed by atoms with E-state index in [9.17, 15) is 0 Å². The number of hydrogen-bond acceptors (Lipinski definition) is 1. The fraction of sp³-hybridized carbons (Fsp3) is 0.100. The summed E-state index contributed by atoms with van der Waals surface area (Å²) in [6.07, 6.45) is 2.47. The van der Waals surface area contributed by atoms with Crippen LogP contribution < -0.4 is 0 Å². The summed E-state index contributed by atoms with van der Waals surface area (Å²) < 4.78 is 0.605. The van der Waals surface area contributed by atoms with Gasteiger partial charge in [-0.25, -0.2) is 0 Å². The highest BCUT2D eigenvalue weighted by molar-refractivity contribution is 7.71. The van der Waals surface area contributed by atoms with E-state index in [1.54, 1.807) is 0 Å². The predicted octanol–water partition coefficient (Wildman–Crippen LogP) is 3.97. The first-order chi connectivity index (χ1) is 7.16. The number of imidazole rings is 1. The van der Waals surface area contributed by atoms with Gasteiger partial charge in [0, 0.05) is 28.4 Å². The van der Waals surface area contributed by atoms with E-state index in [0.717, 1.165) is 11.3 Å². The third-order valence-corrected chi connectivity index (χ3v) is 3.01. The molecule has 0 saturated carbocycles. The lowest BCUT2D eigenvalue weighted by Gasteiger charge is -2.04. The molecule has 1 aromatic carbocycles. The Bertz CT molecular complexity index is 510. The molecule has 0 spiro atoms. The van der Waals surface area contributed by atoms with Crippen LogP contribution in [0.4, 0.5) is 0 Å². The minimum atomic E-state index is 0.605. The maximum absolute atomic E-state index is 6.05. The molecule has 2 nitrogen and oxygen atoms in total. The van der Waals surface area contributed by atoms with E-state index in [2.05, 4.69) is 9.97 Å². The van der Waals surface area contributed by atoms with Crippen molar-refractivity contribution >= 4 is 35.4 Å². The van der Waals surface area contributed by atoms with Gasteiger partial charge in [0.2, 0.25) is 0 Å². The average molecular weight is 259 g/mol. The van der Waals surface area contributed by atoms with E-state index in [4.69, 9.17) is 35.4 Å². The molecule has 0 radical (unpaired) electrons. The Labute approximate surface area is 102 Å². The third kappa shape index (κ3) is 2.43. The first kappa shape index (κ1) is 10.7. The zero-order chi connectivity index (χ0) is 10.8. The Morgan fingerprint density at radius 2 is 1.87 bits per heavy atom. The molecule has 1 aromatic heterocycles. The molecular weight excluding hydrogens is 251 g/mol. The number of aromatic nitrogens is 2. The molecule has 0 amide bonds. The van der Waals surface area contributed by atoms with E-state index in [1.165, 1.54) is 0 Å². The smallest absolute Gasteiger partial charge is 0.174 e. The van der Waals surface area contributed by atoms with Crippen LogP contribution in [0.25, 0.3) is 0 Å². The number of hydrogen-bond donors (Lipinski definition) is 2. The van der Waals surface area contributed by atoms with Crippen molar-refractivity contribution in [1.29, 1.82) is 0 Å². The maximum Gasteiger partial charge on any atom is 0.174 e. The number of nitrogens with one attached hydrogen (secondary N) is 2. The van der Waals surface area contributed by atoms with E-state index in [0.29, 0.717) is 21.2 Å². The Hall–Kier alpha value is -0.770. The molecular formula is C10H8Cl2N2S. The van der Waals surface area contributed by atoms with Crippen molar-refractivity contribution in [3.8, 4) is 0 Å². The van der Waals surface area contributed by atoms with Gasteiger partial charge in [-0.3, -0.25) is 0 Å². The summed E-state index contributed by atoms with van der Waals surface area (Å²) in [4.78, 5) is 5.92. The van der Waals surface area contributed by atoms with Crippen LogP contribution in [0, 0.1) is 4.77 Å². The van der Waals surface area contributed by atoms with Crippen LogP contribution in [0.15, 0.2) is 24.4 Å². The van der Waals surface area contributed by atoms with Gasteiger partial charge in [-0.15, -0.1) is 0 Å². The second-order valence-electron chi connectivity index (χ2n) is 3.15. The minimum absolute atomic E-state index is 0.605. The summed E-state index contributed by atoms with van der Waals surface area (Å²) in [5, 5.41) is 1.34. The Morgan fingerprint density at radius 1 is 1.20 bits per heavy atom. The summed E-state index contributed by atoms with van der Waals surface area (Å²) in [6.45, 7) is 0. The first-order valence-electron chi connectivity index (χ1n) is 4.36. The second kappa shape index (κ2) is 4.39. The fourth-order valence-electron chi connectivity index (χ4n) is 1.36. The summed E-state index contributed by atoms with van der Waals surface area (Å²) in [5.41, 5.74) is 1.88. The highest BCUT2D eigenvalue weighted by atomic mass is 35.5. The van der Waals surface area contributed by atoms with Crippen molar-refractivity contribution in [1.82, 2.24) is 9.97 Å². The molecule has 0 unspecified atom stereocenters. The number of H-pyrrole nitrogens is 2. The number of aromatic amines is 2. The van der Waals surface area contributed by atoms with Gasteiger partial charge in [-0.2, -0.15) is 0 Å². The Morgan fingerprint density at radius 3 is 2.40 bits per heavy atom. The topological polar surface area (TPSA) is 31.6 Å². The van der Waals surface area contributed by atoms with Crippen molar-refractivity contribution in [2.45, 2.75) is 6.42 Å². The zero-order valence-electron chi connectivity index (χ0n) is 7.68. The van der Waals surface area contributed by atoms with Crippen molar-refractivity contribution in [2.75, 3.05) is 0 Å². The van der Waals surface area contributed by atoms with Gasteiger partial charge in [0.05, 0.1) is 0 Å². The lowest BCUT2D eigenvalue weighted by Crippen LogP contribution is -1.90. The van der Waals surface area contributed by atoms with Crippen molar-refractivity contribution in [3.05, 3.63) is 50.5 Å². The Kier molecular flexibility index (Phi) is 3.14. The molecule has 1 heterocycles. The van der Waals surface area contributed by atoms with Gasteiger partial charge in [0.1, 0.15) is 0 Å². The maximum atomic E-state index is 6.05. The average Bonchev–Trinajstić information content (AvgIpc) is 2.58. The summed E-state index contributed by atoms with van der Waals surface area (Å²) in [7, 11) is 0. The monoisotopic (exact) mass is 258 g/mol. The van der Waals surface area contributed by atoms with Crippen LogP contribution in [-0.2, 0) is 6.42 Å². The van der Waals surface area contributed by atoms with E-state index in [-0.39, 0.29) is 0 Å². The van der Waals surface area contributed by atoms with E-state index >= 15 is 0 Å². The van der Waals surface area contributed by atoms with Gasteiger partial charge in [0.25, 0.3) is 0 Å². The first-order valence-corrected chi connectivity index (χ1v) is 5.52.